The molecule has 1 fully saturated rings. The summed E-state index contributed by atoms with van der Waals surface area (Å²) in [7, 11) is 3.16. The summed E-state index contributed by atoms with van der Waals surface area (Å²) >= 11 is 1.34. The van der Waals surface area contributed by atoms with Crippen LogP contribution in [0.4, 0.5) is 10.5 Å². The molecule has 11 heteroatoms. The molecule has 202 valence electrons. The number of rotatable bonds is 6. The van der Waals surface area contributed by atoms with E-state index in [1.165, 1.54) is 18.9 Å². The first-order valence-corrected chi connectivity index (χ1v) is 13.3. The van der Waals surface area contributed by atoms with Gasteiger partial charge in [0.25, 0.3) is 0 Å². The van der Waals surface area contributed by atoms with Crippen molar-refractivity contribution in [3.63, 3.8) is 0 Å². The third-order valence-corrected chi connectivity index (χ3v) is 6.95. The second-order valence-corrected chi connectivity index (χ2v) is 10.9. The number of aliphatic imine (C=N–C) groups is 2. The number of aromatic nitrogens is 1. The molecule has 1 spiro atoms. The lowest BCUT2D eigenvalue weighted by Crippen LogP contribution is -2.46. The number of nitrogens with one attached hydrogen (secondary N) is 1. The molecule has 10 nitrogen and oxygen atoms in total. The third kappa shape index (κ3) is 6.83. The lowest BCUT2D eigenvalue weighted by Gasteiger charge is -2.36. The molecule has 4 rings (SSSR count). The van der Waals surface area contributed by atoms with E-state index >= 15 is 0 Å². The summed E-state index contributed by atoms with van der Waals surface area (Å²) in [5, 5.41) is 3.55. The first-order chi connectivity index (χ1) is 18.1. The number of methoxy groups -OCH3 is 2. The normalized spacial score (nSPS) is 16.5. The Morgan fingerprint density at radius 2 is 1.74 bits per heavy atom. The average molecular weight is 540 g/mol. The third-order valence-electron chi connectivity index (χ3n) is 5.98. The van der Waals surface area contributed by atoms with E-state index in [2.05, 4.69) is 10.3 Å². The molecule has 0 aliphatic carbocycles. The molecular weight excluding hydrogens is 506 g/mol. The van der Waals surface area contributed by atoms with E-state index in [-0.39, 0.29) is 17.8 Å². The van der Waals surface area contributed by atoms with Crippen LogP contribution in [0.5, 0.6) is 11.6 Å². The molecule has 2 aliphatic rings. The fourth-order valence-corrected chi connectivity index (χ4v) is 4.94. The Hall–Kier alpha value is -3.60. The van der Waals surface area contributed by atoms with E-state index in [0.717, 1.165) is 17.0 Å². The molecule has 0 saturated carbocycles. The molecule has 3 heterocycles. The predicted molar refractivity (Wildman–Crippen MR) is 149 cm³/mol. The highest BCUT2D eigenvalue weighted by molar-refractivity contribution is 8.16. The number of amides is 2. The SMILES string of the molecule is COc1ccc(C2=NC3(CCN(C(=O)OC(C)(C)C)CC3)N=C2SCC(=O)Nc2ccc(OC)nc2)cc1. The van der Waals surface area contributed by atoms with E-state index < -0.39 is 11.3 Å². The maximum absolute atomic E-state index is 12.7. The smallest absolute Gasteiger partial charge is 0.410 e. The Bertz CT molecular complexity index is 1210. The monoisotopic (exact) mass is 539 g/mol. The van der Waals surface area contributed by atoms with Gasteiger partial charge in [-0.25, -0.2) is 14.8 Å². The van der Waals surface area contributed by atoms with Crippen LogP contribution in [0.25, 0.3) is 0 Å². The highest BCUT2D eigenvalue weighted by atomic mass is 32.2. The summed E-state index contributed by atoms with van der Waals surface area (Å²) in [5.74, 6) is 1.19. The summed E-state index contributed by atoms with van der Waals surface area (Å²) in [6, 6.07) is 11.0. The highest BCUT2D eigenvalue weighted by Crippen LogP contribution is 2.36. The van der Waals surface area contributed by atoms with Gasteiger partial charge in [-0.15, -0.1) is 0 Å². The molecule has 1 saturated heterocycles. The number of benzene rings is 1. The fraction of sp³-hybridized carbons (Fsp3) is 0.444. The second kappa shape index (κ2) is 11.4. The van der Waals surface area contributed by atoms with Gasteiger partial charge in [0.1, 0.15) is 16.4 Å². The van der Waals surface area contributed by atoms with Crippen LogP contribution >= 0.6 is 11.8 Å². The van der Waals surface area contributed by atoms with Gasteiger partial charge in [-0.05, 0) is 51.1 Å². The fourth-order valence-electron chi connectivity index (χ4n) is 4.06. The summed E-state index contributed by atoms with van der Waals surface area (Å²) < 4.78 is 15.9. The molecular formula is C27H33N5O5S. The van der Waals surface area contributed by atoms with Crippen LogP contribution in [0.1, 0.15) is 39.2 Å². The van der Waals surface area contributed by atoms with Crippen molar-refractivity contribution in [2.45, 2.75) is 44.9 Å². The summed E-state index contributed by atoms with van der Waals surface area (Å²) in [6.45, 7) is 6.54. The molecule has 0 atom stereocenters. The molecule has 0 unspecified atom stereocenters. The molecule has 1 aromatic heterocycles. The molecule has 0 radical (unpaired) electrons. The first-order valence-electron chi connectivity index (χ1n) is 12.3. The van der Waals surface area contributed by atoms with Gasteiger partial charge in [-0.3, -0.25) is 9.79 Å². The van der Waals surface area contributed by atoms with Crippen molar-refractivity contribution in [2.24, 2.45) is 9.98 Å². The van der Waals surface area contributed by atoms with Gasteiger partial charge >= 0.3 is 6.09 Å². The zero-order valence-corrected chi connectivity index (χ0v) is 23.1. The zero-order chi connectivity index (χ0) is 27.3. The maximum atomic E-state index is 12.7. The van der Waals surface area contributed by atoms with Crippen LogP contribution in [0.2, 0.25) is 0 Å². The maximum Gasteiger partial charge on any atom is 0.410 e. The number of thioether (sulfide) groups is 1. The number of hydrogen-bond donors (Lipinski definition) is 1. The molecule has 0 bridgehead atoms. The summed E-state index contributed by atoms with van der Waals surface area (Å²) in [4.78, 5) is 41.1. The molecule has 1 aromatic carbocycles. The Balaban J connectivity index is 1.48. The van der Waals surface area contributed by atoms with Crippen LogP contribution < -0.4 is 14.8 Å². The topological polar surface area (TPSA) is 115 Å². The Labute approximate surface area is 226 Å². The van der Waals surface area contributed by atoms with Crippen LogP contribution in [0.15, 0.2) is 52.6 Å². The zero-order valence-electron chi connectivity index (χ0n) is 22.3. The minimum absolute atomic E-state index is 0.153. The highest BCUT2D eigenvalue weighted by Gasteiger charge is 2.41. The lowest BCUT2D eigenvalue weighted by atomic mass is 9.99. The van der Waals surface area contributed by atoms with E-state index in [0.29, 0.717) is 42.5 Å². The van der Waals surface area contributed by atoms with Crippen molar-refractivity contribution >= 4 is 40.2 Å². The second-order valence-electron chi connectivity index (χ2n) is 9.98. The lowest BCUT2D eigenvalue weighted by molar-refractivity contribution is -0.113. The van der Waals surface area contributed by atoms with Crippen molar-refractivity contribution in [3.8, 4) is 11.6 Å². The Morgan fingerprint density at radius 1 is 1.03 bits per heavy atom. The minimum Gasteiger partial charge on any atom is -0.497 e. The van der Waals surface area contributed by atoms with Crippen molar-refractivity contribution < 1.29 is 23.8 Å². The molecule has 2 aliphatic heterocycles. The number of carbonyl (C=O) groups excluding carboxylic acids is 2. The molecule has 38 heavy (non-hydrogen) atoms. The Kier molecular flexibility index (Phi) is 8.25. The largest absolute Gasteiger partial charge is 0.497 e. The number of ether oxygens (including phenoxy) is 3. The molecule has 2 aromatic rings. The van der Waals surface area contributed by atoms with Gasteiger partial charge in [-0.1, -0.05) is 11.8 Å². The number of carbonyl (C=O) groups is 2. The average Bonchev–Trinajstić information content (AvgIpc) is 3.25. The van der Waals surface area contributed by atoms with Crippen molar-refractivity contribution in [2.75, 3.05) is 38.4 Å². The standard InChI is InChI=1S/C27H33N5O5S/c1-26(2,3)37-25(34)32-14-12-27(13-15-32)30-23(18-6-9-20(35-4)10-7-18)24(31-27)38-17-21(33)29-19-8-11-22(36-5)28-16-19/h6-11,16H,12-15,17H2,1-5H3,(H,29,33). The number of piperidine rings is 1. The van der Waals surface area contributed by atoms with E-state index in [1.807, 2.05) is 45.0 Å². The minimum atomic E-state index is -0.674. The van der Waals surface area contributed by atoms with E-state index in [9.17, 15) is 9.59 Å². The number of pyridine rings is 1. The van der Waals surface area contributed by atoms with E-state index in [1.54, 1.807) is 30.3 Å². The summed E-state index contributed by atoms with van der Waals surface area (Å²) in [5.41, 5.74) is 0.987. The van der Waals surface area contributed by atoms with Crippen molar-refractivity contribution in [1.29, 1.82) is 0 Å². The number of likely N-dealkylation sites (tertiary alicyclic amines) is 1. The van der Waals surface area contributed by atoms with Gasteiger partial charge in [0.05, 0.1) is 37.6 Å². The van der Waals surface area contributed by atoms with Crippen LogP contribution in [0.3, 0.4) is 0 Å². The van der Waals surface area contributed by atoms with Crippen LogP contribution in [0, 0.1) is 0 Å². The van der Waals surface area contributed by atoms with Gasteiger partial charge in [-0.2, -0.15) is 0 Å². The van der Waals surface area contributed by atoms with Gasteiger partial charge in [0, 0.05) is 37.6 Å². The predicted octanol–water partition coefficient (Wildman–Crippen LogP) is 4.40. The van der Waals surface area contributed by atoms with Gasteiger partial charge in [0.2, 0.25) is 11.8 Å². The van der Waals surface area contributed by atoms with Crippen molar-refractivity contribution in [3.05, 3.63) is 48.2 Å². The number of nitrogens with zero attached hydrogens (tertiary/aromatic N) is 4. The van der Waals surface area contributed by atoms with Gasteiger partial charge in [0.15, 0.2) is 5.66 Å². The van der Waals surface area contributed by atoms with Gasteiger partial charge < -0.3 is 24.4 Å². The molecule has 1 N–H and O–H groups in total. The molecule has 2 amide bonds. The number of anilines is 1. The summed E-state index contributed by atoms with van der Waals surface area (Å²) in [6.07, 6.45) is 2.36. The van der Waals surface area contributed by atoms with Crippen LogP contribution in [-0.2, 0) is 9.53 Å². The first kappa shape index (κ1) is 27.4. The van der Waals surface area contributed by atoms with E-state index in [4.69, 9.17) is 24.2 Å². The van der Waals surface area contributed by atoms with Crippen molar-refractivity contribution in [1.82, 2.24) is 9.88 Å². The Morgan fingerprint density at radius 3 is 2.32 bits per heavy atom. The number of hydrogen-bond acceptors (Lipinski definition) is 9. The van der Waals surface area contributed by atoms with Crippen LogP contribution in [-0.4, -0.2) is 77.0 Å². The quantitative estimate of drug-likeness (QED) is 0.579.